The van der Waals surface area contributed by atoms with Crippen molar-refractivity contribution in [3.05, 3.63) is 0 Å². The van der Waals surface area contributed by atoms with Crippen LogP contribution >= 0.6 is 0 Å². The fraction of sp³-hybridized carbons (Fsp3) is 0.909. The summed E-state index contributed by atoms with van der Waals surface area (Å²) in [4.78, 5) is 13.2. The summed E-state index contributed by atoms with van der Waals surface area (Å²) in [5.41, 5.74) is 0. The molecule has 3 heteroatoms. The number of aliphatic carboxylic acids is 1. The molecule has 1 heterocycles. The number of hydrogen-bond donors (Lipinski definition) is 1. The Kier molecular flexibility index (Phi) is 2.77. The number of nitrogens with zero attached hydrogens (tertiary/aromatic N) is 1. The van der Waals surface area contributed by atoms with Crippen LogP contribution in [0.1, 0.15) is 39.0 Å². The molecule has 0 bridgehead atoms. The molecule has 14 heavy (non-hydrogen) atoms. The van der Waals surface area contributed by atoms with Crippen LogP contribution in [-0.2, 0) is 4.79 Å². The average Bonchev–Trinajstić information content (AvgIpc) is 2.91. The number of hydrogen-bond acceptors (Lipinski definition) is 2. The van der Waals surface area contributed by atoms with E-state index in [9.17, 15) is 4.79 Å². The van der Waals surface area contributed by atoms with Gasteiger partial charge in [0.2, 0.25) is 0 Å². The first kappa shape index (κ1) is 9.97. The number of carbonyl (C=O) groups is 1. The molecule has 1 aliphatic carbocycles. The van der Waals surface area contributed by atoms with Gasteiger partial charge >= 0.3 is 5.97 Å². The summed E-state index contributed by atoms with van der Waals surface area (Å²) >= 11 is 0. The lowest BCUT2D eigenvalue weighted by Crippen LogP contribution is -2.45. The second-order valence-corrected chi connectivity index (χ2v) is 4.71. The highest BCUT2D eigenvalue weighted by Crippen LogP contribution is 2.35. The Bertz CT molecular complexity index is 225. The fourth-order valence-corrected chi connectivity index (χ4v) is 2.67. The van der Waals surface area contributed by atoms with Crippen LogP contribution in [0.15, 0.2) is 0 Å². The van der Waals surface area contributed by atoms with Crippen molar-refractivity contribution in [1.82, 2.24) is 4.90 Å². The van der Waals surface area contributed by atoms with Gasteiger partial charge in [-0.1, -0.05) is 0 Å². The minimum absolute atomic E-state index is 0.352. The minimum atomic E-state index is -0.639. The van der Waals surface area contributed by atoms with Crippen LogP contribution in [-0.4, -0.2) is 34.6 Å². The maximum absolute atomic E-state index is 10.7. The molecule has 1 aliphatic heterocycles. The third-order valence-corrected chi connectivity index (χ3v) is 3.65. The molecule has 0 spiro atoms. The molecule has 3 nitrogen and oxygen atoms in total. The van der Waals surface area contributed by atoms with Crippen molar-refractivity contribution in [3.8, 4) is 0 Å². The SMILES string of the molecule is C[C@@H]1[C@@H](CC(=O)O)CCCN1C1CC1. The summed E-state index contributed by atoms with van der Waals surface area (Å²) in [6.07, 6.45) is 5.27. The molecule has 2 aliphatic rings. The molecule has 80 valence electrons. The molecule has 2 atom stereocenters. The van der Waals surface area contributed by atoms with Crippen molar-refractivity contribution in [3.63, 3.8) is 0 Å². The Balaban J connectivity index is 1.93. The molecule has 1 saturated carbocycles. The first-order chi connectivity index (χ1) is 6.68. The summed E-state index contributed by atoms with van der Waals surface area (Å²) in [5.74, 6) is -0.263. The van der Waals surface area contributed by atoms with Gasteiger partial charge < -0.3 is 5.11 Å². The van der Waals surface area contributed by atoms with E-state index in [4.69, 9.17) is 5.11 Å². The molecule has 0 radical (unpaired) electrons. The molecule has 2 rings (SSSR count). The summed E-state index contributed by atoms with van der Waals surface area (Å²) in [5, 5.41) is 8.81. The Morgan fingerprint density at radius 1 is 1.43 bits per heavy atom. The van der Waals surface area contributed by atoms with Crippen molar-refractivity contribution < 1.29 is 9.90 Å². The quantitative estimate of drug-likeness (QED) is 0.749. The summed E-state index contributed by atoms with van der Waals surface area (Å²) in [7, 11) is 0. The molecule has 0 aromatic heterocycles. The van der Waals surface area contributed by atoms with Crippen LogP contribution < -0.4 is 0 Å². The zero-order valence-corrected chi connectivity index (χ0v) is 8.78. The van der Waals surface area contributed by atoms with E-state index in [1.54, 1.807) is 0 Å². The Morgan fingerprint density at radius 3 is 2.71 bits per heavy atom. The van der Waals surface area contributed by atoms with Crippen LogP contribution in [0.25, 0.3) is 0 Å². The highest BCUT2D eigenvalue weighted by atomic mass is 16.4. The van der Waals surface area contributed by atoms with Gasteiger partial charge in [0.1, 0.15) is 0 Å². The minimum Gasteiger partial charge on any atom is -0.481 e. The largest absolute Gasteiger partial charge is 0.481 e. The fourth-order valence-electron chi connectivity index (χ4n) is 2.67. The van der Waals surface area contributed by atoms with Crippen molar-refractivity contribution >= 4 is 5.97 Å². The van der Waals surface area contributed by atoms with Gasteiger partial charge in [-0.2, -0.15) is 0 Å². The van der Waals surface area contributed by atoms with Gasteiger partial charge in [0, 0.05) is 18.5 Å². The van der Waals surface area contributed by atoms with E-state index in [-0.39, 0.29) is 0 Å². The number of carboxylic acid groups (broad SMARTS) is 1. The molecule has 0 unspecified atom stereocenters. The first-order valence-corrected chi connectivity index (χ1v) is 5.66. The van der Waals surface area contributed by atoms with E-state index < -0.39 is 5.97 Å². The van der Waals surface area contributed by atoms with E-state index in [0.717, 1.165) is 12.5 Å². The zero-order valence-electron chi connectivity index (χ0n) is 8.78. The molecule has 0 amide bonds. The molecular formula is C11H19NO2. The highest BCUT2D eigenvalue weighted by Gasteiger charge is 2.37. The average molecular weight is 197 g/mol. The third-order valence-electron chi connectivity index (χ3n) is 3.65. The van der Waals surface area contributed by atoms with Gasteiger partial charge in [0.25, 0.3) is 0 Å². The lowest BCUT2D eigenvalue weighted by Gasteiger charge is -2.39. The maximum atomic E-state index is 10.7. The van der Waals surface area contributed by atoms with Crippen molar-refractivity contribution in [2.75, 3.05) is 6.54 Å². The van der Waals surface area contributed by atoms with Gasteiger partial charge in [0.15, 0.2) is 0 Å². The van der Waals surface area contributed by atoms with Gasteiger partial charge in [0.05, 0.1) is 0 Å². The smallest absolute Gasteiger partial charge is 0.303 e. The van der Waals surface area contributed by atoms with E-state index in [0.29, 0.717) is 18.4 Å². The molecule has 0 aromatic rings. The third kappa shape index (κ3) is 2.08. The van der Waals surface area contributed by atoms with Gasteiger partial charge in [-0.25, -0.2) is 0 Å². The van der Waals surface area contributed by atoms with Crippen LogP contribution in [0.5, 0.6) is 0 Å². The molecule has 2 fully saturated rings. The van der Waals surface area contributed by atoms with E-state index in [1.807, 2.05) is 0 Å². The highest BCUT2D eigenvalue weighted by molar-refractivity contribution is 5.67. The Morgan fingerprint density at radius 2 is 2.14 bits per heavy atom. The topological polar surface area (TPSA) is 40.5 Å². The lowest BCUT2D eigenvalue weighted by molar-refractivity contribution is -0.139. The molecule has 0 aromatic carbocycles. The van der Waals surface area contributed by atoms with Crippen LogP contribution in [0.4, 0.5) is 0 Å². The zero-order chi connectivity index (χ0) is 10.1. The van der Waals surface area contributed by atoms with Crippen molar-refractivity contribution in [1.29, 1.82) is 0 Å². The number of likely N-dealkylation sites (tertiary alicyclic amines) is 1. The Hall–Kier alpha value is -0.570. The molecular weight excluding hydrogens is 178 g/mol. The van der Waals surface area contributed by atoms with Crippen molar-refractivity contribution in [2.24, 2.45) is 5.92 Å². The van der Waals surface area contributed by atoms with Gasteiger partial charge in [-0.05, 0) is 45.1 Å². The number of carboxylic acids is 1. The summed E-state index contributed by atoms with van der Waals surface area (Å²) < 4.78 is 0. The van der Waals surface area contributed by atoms with E-state index >= 15 is 0 Å². The standard InChI is InChI=1S/C11H19NO2/c1-8-9(7-11(13)14)3-2-6-12(8)10-4-5-10/h8-10H,2-7H2,1H3,(H,13,14)/t8-,9-/m1/s1. The predicted molar refractivity (Wildman–Crippen MR) is 54.2 cm³/mol. The van der Waals surface area contributed by atoms with Crippen LogP contribution in [0.3, 0.4) is 0 Å². The summed E-state index contributed by atoms with van der Waals surface area (Å²) in [6.45, 7) is 3.38. The summed E-state index contributed by atoms with van der Waals surface area (Å²) in [6, 6.07) is 1.26. The second kappa shape index (κ2) is 3.89. The van der Waals surface area contributed by atoms with Crippen molar-refractivity contribution in [2.45, 2.75) is 51.1 Å². The normalized spacial score (nSPS) is 34.4. The van der Waals surface area contributed by atoms with Gasteiger partial charge in [-0.15, -0.1) is 0 Å². The number of piperidine rings is 1. The Labute approximate surface area is 85.1 Å². The van der Waals surface area contributed by atoms with Crippen LogP contribution in [0, 0.1) is 5.92 Å². The monoisotopic (exact) mass is 197 g/mol. The van der Waals surface area contributed by atoms with E-state index in [2.05, 4.69) is 11.8 Å². The van der Waals surface area contributed by atoms with E-state index in [1.165, 1.54) is 25.8 Å². The molecule has 1 saturated heterocycles. The lowest BCUT2D eigenvalue weighted by atomic mass is 9.87. The number of rotatable bonds is 3. The first-order valence-electron chi connectivity index (χ1n) is 5.66. The van der Waals surface area contributed by atoms with Gasteiger partial charge in [-0.3, -0.25) is 9.69 Å². The predicted octanol–water partition coefficient (Wildman–Crippen LogP) is 1.72. The second-order valence-electron chi connectivity index (χ2n) is 4.71. The molecule has 1 N–H and O–H groups in total. The van der Waals surface area contributed by atoms with Crippen LogP contribution in [0.2, 0.25) is 0 Å². The maximum Gasteiger partial charge on any atom is 0.303 e.